The van der Waals surface area contributed by atoms with Crippen molar-refractivity contribution < 1.29 is 4.74 Å². The second kappa shape index (κ2) is 5.97. The van der Waals surface area contributed by atoms with E-state index in [1.807, 2.05) is 27.8 Å². The highest BCUT2D eigenvalue weighted by Crippen LogP contribution is 2.21. The Morgan fingerprint density at radius 2 is 2.16 bits per heavy atom. The lowest BCUT2D eigenvalue weighted by atomic mass is 10.3. The summed E-state index contributed by atoms with van der Waals surface area (Å²) >= 11 is 0. The molecule has 0 radical (unpaired) electrons. The van der Waals surface area contributed by atoms with Crippen molar-refractivity contribution in [3.63, 3.8) is 0 Å². The van der Waals surface area contributed by atoms with Crippen LogP contribution in [0.5, 0.6) is 0 Å². The zero-order valence-corrected chi connectivity index (χ0v) is 12.0. The molecule has 2 aromatic heterocycles. The van der Waals surface area contributed by atoms with Crippen molar-refractivity contribution in [3.05, 3.63) is 12.0 Å². The highest BCUT2D eigenvalue weighted by atomic mass is 16.5. The van der Waals surface area contributed by atoms with Gasteiger partial charge in [0.2, 0.25) is 0 Å². The standard InChI is InChI=1S/C13H21N5O/c1-9(2)19-7-5-6-14-12-11-10(3)17-18(4)13(11)16-8-15-12/h8-9H,5-7H2,1-4H3,(H,14,15,16). The fourth-order valence-electron chi connectivity index (χ4n) is 2.01. The molecule has 0 fully saturated rings. The topological polar surface area (TPSA) is 64.9 Å². The molecular formula is C13H21N5O. The molecule has 19 heavy (non-hydrogen) atoms. The van der Waals surface area contributed by atoms with Crippen molar-refractivity contribution in [2.45, 2.75) is 33.3 Å². The third-order valence-electron chi connectivity index (χ3n) is 2.86. The molecule has 0 bridgehead atoms. The van der Waals surface area contributed by atoms with E-state index in [0.717, 1.165) is 42.1 Å². The van der Waals surface area contributed by atoms with E-state index in [1.54, 1.807) is 11.0 Å². The van der Waals surface area contributed by atoms with Crippen LogP contribution >= 0.6 is 0 Å². The van der Waals surface area contributed by atoms with Crippen LogP contribution in [0.15, 0.2) is 6.33 Å². The second-order valence-electron chi connectivity index (χ2n) is 4.83. The van der Waals surface area contributed by atoms with Gasteiger partial charge in [0, 0.05) is 20.2 Å². The summed E-state index contributed by atoms with van der Waals surface area (Å²) in [6.45, 7) is 7.64. The molecule has 1 N–H and O–H groups in total. The van der Waals surface area contributed by atoms with Crippen LogP contribution in [0.1, 0.15) is 26.0 Å². The number of fused-ring (bicyclic) bond motifs is 1. The summed E-state index contributed by atoms with van der Waals surface area (Å²) in [7, 11) is 1.89. The van der Waals surface area contributed by atoms with E-state index in [0.29, 0.717) is 0 Å². The van der Waals surface area contributed by atoms with Crippen LogP contribution in [0, 0.1) is 6.92 Å². The Bertz CT molecular complexity index is 549. The van der Waals surface area contributed by atoms with E-state index in [-0.39, 0.29) is 6.10 Å². The summed E-state index contributed by atoms with van der Waals surface area (Å²) in [6.07, 6.45) is 2.80. The van der Waals surface area contributed by atoms with Gasteiger partial charge in [-0.3, -0.25) is 4.68 Å². The molecule has 0 amide bonds. The number of ether oxygens (including phenoxy) is 1. The Kier molecular flexibility index (Phi) is 4.31. The molecule has 104 valence electrons. The molecule has 0 aliphatic heterocycles. The first-order valence-electron chi connectivity index (χ1n) is 6.59. The predicted octanol–water partition coefficient (Wildman–Crippen LogP) is 1.90. The first-order valence-corrected chi connectivity index (χ1v) is 6.59. The molecular weight excluding hydrogens is 242 g/mol. The predicted molar refractivity (Wildman–Crippen MR) is 75.2 cm³/mol. The molecule has 0 saturated heterocycles. The van der Waals surface area contributed by atoms with Crippen LogP contribution in [0.25, 0.3) is 11.0 Å². The van der Waals surface area contributed by atoms with E-state index in [2.05, 4.69) is 20.4 Å². The Labute approximate surface area is 113 Å². The van der Waals surface area contributed by atoms with Crippen molar-refractivity contribution in [1.82, 2.24) is 19.7 Å². The van der Waals surface area contributed by atoms with E-state index >= 15 is 0 Å². The van der Waals surface area contributed by atoms with E-state index in [9.17, 15) is 0 Å². The van der Waals surface area contributed by atoms with Crippen LogP contribution in [0.2, 0.25) is 0 Å². The third-order valence-corrected chi connectivity index (χ3v) is 2.86. The second-order valence-corrected chi connectivity index (χ2v) is 4.83. The highest BCUT2D eigenvalue weighted by molar-refractivity contribution is 5.88. The lowest BCUT2D eigenvalue weighted by Gasteiger charge is -2.09. The van der Waals surface area contributed by atoms with Crippen LogP contribution in [-0.4, -0.2) is 39.0 Å². The molecule has 0 atom stereocenters. The maximum absolute atomic E-state index is 5.51. The monoisotopic (exact) mass is 263 g/mol. The van der Waals surface area contributed by atoms with Gasteiger partial charge in [0.05, 0.1) is 17.2 Å². The summed E-state index contributed by atoms with van der Waals surface area (Å²) in [6, 6.07) is 0. The van der Waals surface area contributed by atoms with Crippen molar-refractivity contribution in [2.75, 3.05) is 18.5 Å². The molecule has 0 aliphatic rings. The first-order chi connectivity index (χ1) is 9.09. The van der Waals surface area contributed by atoms with Gasteiger partial charge >= 0.3 is 0 Å². The number of rotatable bonds is 6. The maximum Gasteiger partial charge on any atom is 0.163 e. The van der Waals surface area contributed by atoms with E-state index in [1.165, 1.54) is 0 Å². The zero-order chi connectivity index (χ0) is 13.8. The third kappa shape index (κ3) is 3.20. The smallest absolute Gasteiger partial charge is 0.163 e. The SMILES string of the molecule is Cc1nn(C)c2ncnc(NCCCOC(C)C)c12. The van der Waals surface area contributed by atoms with Gasteiger partial charge in [-0.25, -0.2) is 9.97 Å². The minimum atomic E-state index is 0.284. The number of nitrogens with zero attached hydrogens (tertiary/aromatic N) is 4. The average molecular weight is 263 g/mol. The minimum Gasteiger partial charge on any atom is -0.379 e. The normalized spacial score (nSPS) is 11.4. The minimum absolute atomic E-state index is 0.284. The van der Waals surface area contributed by atoms with Crippen LogP contribution < -0.4 is 5.32 Å². The molecule has 0 spiro atoms. The fraction of sp³-hybridized carbons (Fsp3) is 0.615. The fourth-order valence-corrected chi connectivity index (χ4v) is 2.01. The number of hydrogen-bond acceptors (Lipinski definition) is 5. The van der Waals surface area contributed by atoms with E-state index in [4.69, 9.17) is 4.74 Å². The Morgan fingerprint density at radius 1 is 1.37 bits per heavy atom. The molecule has 2 aromatic rings. The number of nitrogens with one attached hydrogen (secondary N) is 1. The van der Waals surface area contributed by atoms with Gasteiger partial charge in [0.1, 0.15) is 12.1 Å². The number of aromatic nitrogens is 4. The van der Waals surface area contributed by atoms with Crippen molar-refractivity contribution in [2.24, 2.45) is 7.05 Å². The van der Waals surface area contributed by atoms with Gasteiger partial charge in [-0.05, 0) is 27.2 Å². The summed E-state index contributed by atoms with van der Waals surface area (Å²) in [4.78, 5) is 8.55. The summed E-state index contributed by atoms with van der Waals surface area (Å²) in [5, 5.41) is 8.69. The molecule has 2 rings (SSSR count). The molecule has 0 unspecified atom stereocenters. The maximum atomic E-state index is 5.51. The quantitative estimate of drug-likeness (QED) is 0.806. The summed E-state index contributed by atoms with van der Waals surface area (Å²) in [5.41, 5.74) is 1.80. The average Bonchev–Trinajstić information content (AvgIpc) is 2.65. The molecule has 0 aromatic carbocycles. The summed E-state index contributed by atoms with van der Waals surface area (Å²) < 4.78 is 7.28. The molecule has 2 heterocycles. The van der Waals surface area contributed by atoms with Crippen LogP contribution in [0.4, 0.5) is 5.82 Å². The molecule has 6 nitrogen and oxygen atoms in total. The first kappa shape index (κ1) is 13.7. The molecule has 6 heteroatoms. The molecule has 0 aliphatic carbocycles. The van der Waals surface area contributed by atoms with Gasteiger partial charge in [-0.1, -0.05) is 0 Å². The Balaban J connectivity index is 2.01. The van der Waals surface area contributed by atoms with Gasteiger partial charge in [-0.15, -0.1) is 0 Å². The van der Waals surface area contributed by atoms with E-state index < -0.39 is 0 Å². The van der Waals surface area contributed by atoms with Gasteiger partial charge in [0.25, 0.3) is 0 Å². The highest BCUT2D eigenvalue weighted by Gasteiger charge is 2.11. The van der Waals surface area contributed by atoms with Crippen molar-refractivity contribution >= 4 is 16.9 Å². The number of hydrogen-bond donors (Lipinski definition) is 1. The van der Waals surface area contributed by atoms with Crippen LogP contribution in [-0.2, 0) is 11.8 Å². The van der Waals surface area contributed by atoms with Crippen molar-refractivity contribution in [1.29, 1.82) is 0 Å². The lowest BCUT2D eigenvalue weighted by Crippen LogP contribution is -2.10. The Hall–Kier alpha value is -1.69. The number of anilines is 1. The largest absolute Gasteiger partial charge is 0.379 e. The molecule has 0 saturated carbocycles. The Morgan fingerprint density at radius 3 is 2.89 bits per heavy atom. The van der Waals surface area contributed by atoms with Gasteiger partial charge in [-0.2, -0.15) is 5.10 Å². The lowest BCUT2D eigenvalue weighted by molar-refractivity contribution is 0.0787. The van der Waals surface area contributed by atoms with Crippen molar-refractivity contribution in [3.8, 4) is 0 Å². The van der Waals surface area contributed by atoms with Gasteiger partial charge < -0.3 is 10.1 Å². The summed E-state index contributed by atoms with van der Waals surface area (Å²) in [5.74, 6) is 0.847. The zero-order valence-electron chi connectivity index (χ0n) is 12.0. The van der Waals surface area contributed by atoms with Crippen LogP contribution in [0.3, 0.4) is 0 Å². The van der Waals surface area contributed by atoms with Gasteiger partial charge in [0.15, 0.2) is 5.65 Å². The number of aryl methyl sites for hydroxylation is 2.